The highest BCUT2D eigenvalue weighted by Gasteiger charge is 2.26. The van der Waals surface area contributed by atoms with Gasteiger partial charge >= 0.3 is 0 Å². The molecule has 49 heavy (non-hydrogen) atoms. The standard InChI is InChI=1S/C45H30N4/c46-28-30-18-25-45-40(26-30)39-13-6-8-16-42(39)48(45)34-22-19-31(20-23-34)35-24-21-32(27-33(35)29-47)36-10-4-7-15-41(36)49-43-14-3-1-2-11-37(43)38-12-5-9-17-44(38)49/h3-10,12-19,22-27,31-32H,1,20-21H2. The summed E-state index contributed by atoms with van der Waals surface area (Å²) in [5.74, 6) is 6.91. The van der Waals surface area contributed by atoms with E-state index in [0.717, 1.165) is 85.8 Å². The van der Waals surface area contributed by atoms with Crippen LogP contribution >= 0.6 is 0 Å². The lowest BCUT2D eigenvalue weighted by Gasteiger charge is -2.26. The average Bonchev–Trinajstić information content (AvgIpc) is 3.54. The number of fused-ring (bicyclic) bond motifs is 6. The molecule has 0 spiro atoms. The molecule has 0 radical (unpaired) electrons. The maximum atomic E-state index is 10.5. The lowest BCUT2D eigenvalue weighted by atomic mass is 9.79. The predicted octanol–water partition coefficient (Wildman–Crippen LogP) is 10.4. The maximum Gasteiger partial charge on any atom is 0.0991 e. The molecule has 0 aliphatic heterocycles. The molecule has 6 aromatic rings. The number of nitriles is 2. The summed E-state index contributed by atoms with van der Waals surface area (Å²) < 4.78 is 4.63. The van der Waals surface area contributed by atoms with Crippen molar-refractivity contribution in [3.63, 3.8) is 0 Å². The molecule has 4 nitrogen and oxygen atoms in total. The summed E-state index contributed by atoms with van der Waals surface area (Å²) in [4.78, 5) is 0. The zero-order valence-corrected chi connectivity index (χ0v) is 26.8. The highest BCUT2D eigenvalue weighted by Crippen LogP contribution is 2.41. The Morgan fingerprint density at radius 3 is 2.27 bits per heavy atom. The largest absolute Gasteiger partial charge is 0.310 e. The topological polar surface area (TPSA) is 57.4 Å². The molecule has 2 heterocycles. The molecule has 2 unspecified atom stereocenters. The average molecular weight is 627 g/mol. The Bertz CT molecular complexity index is 2680. The van der Waals surface area contributed by atoms with E-state index in [1.54, 1.807) is 0 Å². The van der Waals surface area contributed by atoms with Gasteiger partial charge in [0.2, 0.25) is 0 Å². The van der Waals surface area contributed by atoms with Crippen LogP contribution < -0.4 is 0 Å². The van der Waals surface area contributed by atoms with Gasteiger partial charge in [0.05, 0.1) is 56.8 Å². The van der Waals surface area contributed by atoms with Gasteiger partial charge in [0.15, 0.2) is 0 Å². The number of rotatable bonds is 4. The number of para-hydroxylation sites is 3. The summed E-state index contributed by atoms with van der Waals surface area (Å²) >= 11 is 0. The Morgan fingerprint density at radius 2 is 1.45 bits per heavy atom. The van der Waals surface area contributed by atoms with Crippen molar-refractivity contribution in [3.05, 3.63) is 161 Å². The van der Waals surface area contributed by atoms with E-state index in [4.69, 9.17) is 0 Å². The van der Waals surface area contributed by atoms with Crippen LogP contribution in [0.4, 0.5) is 0 Å². The summed E-state index contributed by atoms with van der Waals surface area (Å²) in [5.41, 5.74) is 11.5. The van der Waals surface area contributed by atoms with Crippen LogP contribution in [0.1, 0.15) is 47.6 Å². The minimum atomic E-state index is 0.0711. The van der Waals surface area contributed by atoms with Crippen molar-refractivity contribution in [1.29, 1.82) is 10.5 Å². The SMILES string of the molecule is N#CC1=CC(c2ccccc2-n2c3c(c4ccccc42)C#CCC=C3)CC=C1C1C=CC(n2c3ccccc3c3cc(C#N)ccc32)=CC1. The van der Waals surface area contributed by atoms with Crippen molar-refractivity contribution in [2.24, 2.45) is 5.92 Å². The van der Waals surface area contributed by atoms with Crippen molar-refractivity contribution in [2.75, 3.05) is 0 Å². The van der Waals surface area contributed by atoms with Crippen LogP contribution in [0.25, 0.3) is 50.2 Å². The monoisotopic (exact) mass is 626 g/mol. The second-order valence-corrected chi connectivity index (χ2v) is 12.8. The summed E-state index contributed by atoms with van der Waals surface area (Å²) in [6.07, 6.45) is 17.9. The van der Waals surface area contributed by atoms with E-state index in [9.17, 15) is 10.5 Å². The molecule has 0 amide bonds. The Balaban J connectivity index is 1.05. The van der Waals surface area contributed by atoms with Crippen molar-refractivity contribution in [3.8, 4) is 29.7 Å². The van der Waals surface area contributed by atoms with E-state index < -0.39 is 0 Å². The molecular weight excluding hydrogens is 597 g/mol. The van der Waals surface area contributed by atoms with Crippen molar-refractivity contribution < 1.29 is 0 Å². The van der Waals surface area contributed by atoms with Crippen LogP contribution in [-0.4, -0.2) is 9.13 Å². The van der Waals surface area contributed by atoms with Crippen LogP contribution in [0.15, 0.2) is 139 Å². The van der Waals surface area contributed by atoms with E-state index in [2.05, 4.69) is 142 Å². The summed E-state index contributed by atoms with van der Waals surface area (Å²) in [5, 5.41) is 23.4. The lowest BCUT2D eigenvalue weighted by Crippen LogP contribution is -2.13. The summed E-state index contributed by atoms with van der Waals surface area (Å²) in [7, 11) is 0. The van der Waals surface area contributed by atoms with Gasteiger partial charge in [0.25, 0.3) is 0 Å². The number of nitrogens with zero attached hydrogens (tertiary/aromatic N) is 4. The first-order chi connectivity index (χ1) is 24.2. The van der Waals surface area contributed by atoms with Gasteiger partial charge < -0.3 is 9.13 Å². The first-order valence-electron chi connectivity index (χ1n) is 16.8. The van der Waals surface area contributed by atoms with Crippen LogP contribution in [0.5, 0.6) is 0 Å². The zero-order chi connectivity index (χ0) is 32.9. The highest BCUT2D eigenvalue weighted by molar-refractivity contribution is 6.10. The minimum absolute atomic E-state index is 0.0711. The number of benzene rings is 4. The molecule has 0 saturated heterocycles. The normalized spacial score (nSPS) is 18.1. The minimum Gasteiger partial charge on any atom is -0.310 e. The van der Waals surface area contributed by atoms with Crippen LogP contribution in [0, 0.1) is 40.4 Å². The number of hydrogen-bond donors (Lipinski definition) is 0. The van der Waals surface area contributed by atoms with E-state index in [1.807, 2.05) is 24.3 Å². The number of allylic oxidation sites excluding steroid dienone is 9. The fourth-order valence-electron chi connectivity index (χ4n) is 7.91. The molecule has 230 valence electrons. The molecule has 2 aromatic heterocycles. The van der Waals surface area contributed by atoms with Crippen LogP contribution in [-0.2, 0) is 0 Å². The molecule has 3 aliphatic carbocycles. The Labute approximate surface area is 285 Å². The van der Waals surface area contributed by atoms with Crippen molar-refractivity contribution in [1.82, 2.24) is 9.13 Å². The van der Waals surface area contributed by atoms with E-state index in [0.29, 0.717) is 5.56 Å². The molecule has 0 fully saturated rings. The van der Waals surface area contributed by atoms with Crippen molar-refractivity contribution >= 4 is 44.5 Å². The van der Waals surface area contributed by atoms with Gasteiger partial charge in [-0.1, -0.05) is 96.8 Å². The van der Waals surface area contributed by atoms with Gasteiger partial charge in [-0.05, 0) is 72.5 Å². The third-order valence-corrected chi connectivity index (χ3v) is 10.1. The molecule has 4 aromatic carbocycles. The van der Waals surface area contributed by atoms with Crippen molar-refractivity contribution in [2.45, 2.75) is 25.2 Å². The summed E-state index contributed by atoms with van der Waals surface area (Å²) in [6.45, 7) is 0. The zero-order valence-electron chi connectivity index (χ0n) is 26.8. The Morgan fingerprint density at radius 1 is 0.694 bits per heavy atom. The smallest absolute Gasteiger partial charge is 0.0991 e. The first-order valence-corrected chi connectivity index (χ1v) is 16.8. The lowest BCUT2D eigenvalue weighted by molar-refractivity contribution is 0.738. The van der Waals surface area contributed by atoms with Gasteiger partial charge in [0.1, 0.15) is 0 Å². The molecule has 2 atom stereocenters. The predicted molar refractivity (Wildman–Crippen MR) is 199 cm³/mol. The first kappa shape index (κ1) is 28.7. The van der Waals surface area contributed by atoms with E-state index >= 15 is 0 Å². The Hall–Kier alpha value is -6.54. The van der Waals surface area contributed by atoms with E-state index in [1.165, 1.54) is 5.56 Å². The summed E-state index contributed by atoms with van der Waals surface area (Å²) in [6, 6.07) is 36.2. The van der Waals surface area contributed by atoms with E-state index in [-0.39, 0.29) is 11.8 Å². The third kappa shape index (κ3) is 4.60. The van der Waals surface area contributed by atoms with Crippen LogP contribution in [0.3, 0.4) is 0 Å². The quantitative estimate of drug-likeness (QED) is 0.183. The van der Waals surface area contributed by atoms with Gasteiger partial charge in [-0.15, -0.1) is 0 Å². The molecule has 9 rings (SSSR count). The molecule has 0 saturated carbocycles. The molecule has 4 heteroatoms. The molecule has 3 aliphatic rings. The Kier molecular flexibility index (Phi) is 6.79. The van der Waals surface area contributed by atoms with Gasteiger partial charge in [-0.25, -0.2) is 0 Å². The van der Waals surface area contributed by atoms with Gasteiger partial charge in [-0.2, -0.15) is 10.5 Å². The number of hydrogen-bond acceptors (Lipinski definition) is 2. The molecule has 0 bridgehead atoms. The van der Waals surface area contributed by atoms with Crippen LogP contribution in [0.2, 0.25) is 0 Å². The fraction of sp³-hybridized carbons (Fsp3) is 0.111. The van der Waals surface area contributed by atoms with Gasteiger partial charge in [0, 0.05) is 40.1 Å². The maximum absolute atomic E-state index is 10.5. The second kappa shape index (κ2) is 11.6. The fourth-order valence-corrected chi connectivity index (χ4v) is 7.91. The number of aromatic nitrogens is 2. The highest BCUT2D eigenvalue weighted by atomic mass is 15.0. The molecular formula is C45H30N4. The third-order valence-electron chi connectivity index (χ3n) is 10.1. The molecule has 0 N–H and O–H groups in total. The second-order valence-electron chi connectivity index (χ2n) is 12.8. The van der Waals surface area contributed by atoms with Gasteiger partial charge in [-0.3, -0.25) is 0 Å².